The zero-order valence-electron chi connectivity index (χ0n) is 13.9. The second kappa shape index (κ2) is 6.39. The van der Waals surface area contributed by atoms with Crippen molar-refractivity contribution in [3.05, 3.63) is 23.3 Å². The van der Waals surface area contributed by atoms with E-state index in [9.17, 15) is 10.1 Å². The maximum atomic E-state index is 12.8. The lowest BCUT2D eigenvalue weighted by molar-refractivity contribution is -0.134. The van der Waals surface area contributed by atoms with Crippen LogP contribution in [0.15, 0.2) is 12.1 Å². The number of rotatable bonds is 5. The van der Waals surface area contributed by atoms with E-state index in [2.05, 4.69) is 13.0 Å². The number of carbonyl (C=O) groups excluding carboxylic acids is 1. The summed E-state index contributed by atoms with van der Waals surface area (Å²) in [7, 11) is 0. The molecule has 1 unspecified atom stereocenters. The molecule has 1 atom stereocenters. The van der Waals surface area contributed by atoms with E-state index in [4.69, 9.17) is 4.74 Å². The number of hydrogen-bond acceptors (Lipinski definition) is 3. The lowest BCUT2D eigenvalue weighted by Gasteiger charge is -2.40. The Kier molecular flexibility index (Phi) is 4.75. The van der Waals surface area contributed by atoms with Gasteiger partial charge in [0.2, 0.25) is 0 Å². The van der Waals surface area contributed by atoms with Crippen LogP contribution in [0.3, 0.4) is 0 Å². The first-order valence-electron chi connectivity index (χ1n) is 8.02. The molecule has 1 aromatic carbocycles. The molecule has 0 spiro atoms. The molecule has 0 fully saturated rings. The second-order valence-corrected chi connectivity index (χ2v) is 6.10. The van der Waals surface area contributed by atoms with E-state index in [0.717, 1.165) is 30.5 Å². The smallest absolute Gasteiger partial charge is 0.270 e. The van der Waals surface area contributed by atoms with E-state index in [-0.39, 0.29) is 5.91 Å². The van der Waals surface area contributed by atoms with Gasteiger partial charge in [0.15, 0.2) is 5.60 Å². The molecule has 4 heteroatoms. The molecule has 2 rings (SSSR count). The Balaban J connectivity index is 2.46. The molecular weight excluding hydrogens is 276 g/mol. The van der Waals surface area contributed by atoms with Gasteiger partial charge in [-0.15, -0.1) is 0 Å². The summed E-state index contributed by atoms with van der Waals surface area (Å²) in [4.78, 5) is 14.7. The zero-order valence-corrected chi connectivity index (χ0v) is 13.9. The quantitative estimate of drug-likeness (QED) is 0.774. The van der Waals surface area contributed by atoms with Crippen molar-refractivity contribution in [3.63, 3.8) is 0 Å². The van der Waals surface area contributed by atoms with Crippen molar-refractivity contribution >= 4 is 11.6 Å². The van der Waals surface area contributed by atoms with Crippen LogP contribution in [-0.4, -0.2) is 18.1 Å². The SMILES string of the molecule is CCCCCN1C(=O)C(C)(CC)Oc2cc(C#N)c(C)cc21. The second-order valence-electron chi connectivity index (χ2n) is 6.10. The molecule has 1 amide bonds. The average molecular weight is 300 g/mol. The molecule has 0 aromatic heterocycles. The van der Waals surface area contributed by atoms with Crippen molar-refractivity contribution in [1.82, 2.24) is 0 Å². The molecule has 0 bridgehead atoms. The molecule has 0 aliphatic carbocycles. The first kappa shape index (κ1) is 16.4. The van der Waals surface area contributed by atoms with Crippen molar-refractivity contribution in [3.8, 4) is 11.8 Å². The molecule has 1 aliphatic heterocycles. The summed E-state index contributed by atoms with van der Waals surface area (Å²) in [5.41, 5.74) is 1.42. The van der Waals surface area contributed by atoms with Crippen LogP contribution in [0.2, 0.25) is 0 Å². The highest BCUT2D eigenvalue weighted by molar-refractivity contribution is 6.02. The van der Waals surface area contributed by atoms with Crippen LogP contribution in [-0.2, 0) is 4.79 Å². The number of nitriles is 1. The molecule has 1 heterocycles. The van der Waals surface area contributed by atoms with Gasteiger partial charge in [-0.2, -0.15) is 5.26 Å². The van der Waals surface area contributed by atoms with Crippen LogP contribution in [0, 0.1) is 18.3 Å². The third-order valence-corrected chi connectivity index (χ3v) is 4.41. The minimum Gasteiger partial charge on any atom is -0.475 e. The summed E-state index contributed by atoms with van der Waals surface area (Å²) in [6.07, 6.45) is 3.78. The largest absolute Gasteiger partial charge is 0.475 e. The summed E-state index contributed by atoms with van der Waals surface area (Å²) in [6.45, 7) is 8.52. The van der Waals surface area contributed by atoms with Crippen molar-refractivity contribution < 1.29 is 9.53 Å². The topological polar surface area (TPSA) is 53.3 Å². The molecular formula is C18H24N2O2. The Hall–Kier alpha value is -2.02. The van der Waals surface area contributed by atoms with E-state index < -0.39 is 5.60 Å². The van der Waals surface area contributed by atoms with E-state index in [1.54, 1.807) is 6.07 Å². The Morgan fingerprint density at radius 1 is 1.32 bits per heavy atom. The Bertz CT molecular complexity index is 618. The van der Waals surface area contributed by atoms with Gasteiger partial charge in [0.1, 0.15) is 5.75 Å². The molecule has 0 N–H and O–H groups in total. The molecule has 1 aromatic rings. The summed E-state index contributed by atoms with van der Waals surface area (Å²) < 4.78 is 5.97. The molecule has 118 valence electrons. The third kappa shape index (κ3) is 2.81. The summed E-state index contributed by atoms with van der Waals surface area (Å²) in [6, 6.07) is 5.84. The van der Waals surface area contributed by atoms with Gasteiger partial charge in [-0.3, -0.25) is 4.79 Å². The van der Waals surface area contributed by atoms with E-state index in [0.29, 0.717) is 24.3 Å². The molecule has 4 nitrogen and oxygen atoms in total. The lowest BCUT2D eigenvalue weighted by atomic mass is 9.96. The van der Waals surface area contributed by atoms with E-state index in [1.807, 2.05) is 31.7 Å². The highest BCUT2D eigenvalue weighted by atomic mass is 16.5. The molecule has 0 radical (unpaired) electrons. The van der Waals surface area contributed by atoms with Gasteiger partial charge in [0.25, 0.3) is 5.91 Å². The van der Waals surface area contributed by atoms with Crippen LogP contribution >= 0.6 is 0 Å². The van der Waals surface area contributed by atoms with Crippen LogP contribution in [0.5, 0.6) is 5.75 Å². The number of ether oxygens (including phenoxy) is 1. The number of nitrogens with zero attached hydrogens (tertiary/aromatic N) is 2. The van der Waals surface area contributed by atoms with Crippen LogP contribution < -0.4 is 9.64 Å². The Morgan fingerprint density at radius 2 is 2.05 bits per heavy atom. The fourth-order valence-corrected chi connectivity index (χ4v) is 2.73. The standard InChI is InChI=1S/C18H24N2O2/c1-5-7-8-9-20-15-10-13(3)14(12-19)11-16(15)22-18(4,6-2)17(20)21/h10-11H,5-9H2,1-4H3. The first-order valence-corrected chi connectivity index (χ1v) is 8.02. The maximum Gasteiger partial charge on any atom is 0.270 e. The molecule has 22 heavy (non-hydrogen) atoms. The molecule has 1 aliphatic rings. The van der Waals surface area contributed by atoms with Crippen molar-refractivity contribution in [2.75, 3.05) is 11.4 Å². The van der Waals surface area contributed by atoms with Gasteiger partial charge in [0.05, 0.1) is 17.3 Å². The number of fused-ring (bicyclic) bond motifs is 1. The number of carbonyl (C=O) groups is 1. The van der Waals surface area contributed by atoms with Crippen molar-refractivity contribution in [1.29, 1.82) is 5.26 Å². The van der Waals surface area contributed by atoms with Gasteiger partial charge >= 0.3 is 0 Å². The number of unbranched alkanes of at least 4 members (excludes halogenated alkanes) is 2. The summed E-state index contributed by atoms with van der Waals surface area (Å²) in [5, 5.41) is 9.21. The third-order valence-electron chi connectivity index (χ3n) is 4.41. The first-order chi connectivity index (χ1) is 10.5. The highest BCUT2D eigenvalue weighted by Gasteiger charge is 2.43. The monoisotopic (exact) mass is 300 g/mol. The van der Waals surface area contributed by atoms with E-state index in [1.165, 1.54) is 0 Å². The molecule has 0 saturated heterocycles. The van der Waals surface area contributed by atoms with Crippen LogP contribution in [0.4, 0.5) is 5.69 Å². The predicted octanol–water partition coefficient (Wildman–Crippen LogP) is 3.95. The minimum absolute atomic E-state index is 0.0164. The molecule has 0 saturated carbocycles. The number of hydrogen-bond donors (Lipinski definition) is 0. The fraction of sp³-hybridized carbons (Fsp3) is 0.556. The average Bonchev–Trinajstić information content (AvgIpc) is 2.51. The van der Waals surface area contributed by atoms with Crippen molar-refractivity contribution in [2.24, 2.45) is 0 Å². The minimum atomic E-state index is -0.846. The predicted molar refractivity (Wildman–Crippen MR) is 87.1 cm³/mol. The normalized spacial score (nSPS) is 20.3. The lowest BCUT2D eigenvalue weighted by Crippen LogP contribution is -2.54. The van der Waals surface area contributed by atoms with E-state index >= 15 is 0 Å². The number of aryl methyl sites for hydroxylation is 1. The highest BCUT2D eigenvalue weighted by Crippen LogP contribution is 2.40. The van der Waals surface area contributed by atoms with Gasteiger partial charge < -0.3 is 9.64 Å². The van der Waals surface area contributed by atoms with Crippen LogP contribution in [0.1, 0.15) is 57.6 Å². The Labute approximate surface area is 132 Å². The Morgan fingerprint density at radius 3 is 2.64 bits per heavy atom. The fourth-order valence-electron chi connectivity index (χ4n) is 2.73. The van der Waals surface area contributed by atoms with Crippen LogP contribution in [0.25, 0.3) is 0 Å². The summed E-state index contributed by atoms with van der Waals surface area (Å²) in [5.74, 6) is 0.658. The van der Waals surface area contributed by atoms with Gasteiger partial charge in [0, 0.05) is 12.6 Å². The maximum absolute atomic E-state index is 12.8. The summed E-state index contributed by atoms with van der Waals surface area (Å²) >= 11 is 0. The zero-order chi connectivity index (χ0) is 16.3. The van der Waals surface area contributed by atoms with Gasteiger partial charge in [-0.1, -0.05) is 26.7 Å². The number of benzene rings is 1. The van der Waals surface area contributed by atoms with Gasteiger partial charge in [-0.05, 0) is 38.3 Å². The number of anilines is 1. The number of amides is 1. The van der Waals surface area contributed by atoms with Crippen molar-refractivity contribution in [2.45, 2.75) is 59.0 Å². The van der Waals surface area contributed by atoms with Gasteiger partial charge in [-0.25, -0.2) is 0 Å².